The molecular formula is C13H13ClN4O2S2. The van der Waals surface area contributed by atoms with Gasteiger partial charge in [-0.2, -0.15) is 9.64 Å². The zero-order chi connectivity index (χ0) is 16.2. The monoisotopic (exact) mass is 356 g/mol. The molecule has 2 rings (SSSR count). The van der Waals surface area contributed by atoms with Crippen LogP contribution in [0.5, 0.6) is 0 Å². The number of hydrogen-bond acceptors (Lipinski definition) is 6. The van der Waals surface area contributed by atoms with Crippen LogP contribution in [-0.4, -0.2) is 25.9 Å². The molecule has 1 heterocycles. The maximum Gasteiger partial charge on any atom is 0.240 e. The number of nitrogens with one attached hydrogen (secondary N) is 2. The smallest absolute Gasteiger partial charge is 0.240 e. The molecule has 116 valence electrons. The van der Waals surface area contributed by atoms with E-state index in [2.05, 4.69) is 14.4 Å². The number of anilines is 1. The number of sulfonamides is 1. The highest BCUT2D eigenvalue weighted by atomic mass is 35.5. The Morgan fingerprint density at radius 3 is 2.64 bits per heavy atom. The van der Waals surface area contributed by atoms with Crippen molar-refractivity contribution in [1.29, 1.82) is 5.26 Å². The highest BCUT2D eigenvalue weighted by Gasteiger charge is 2.14. The van der Waals surface area contributed by atoms with Gasteiger partial charge in [-0.05, 0) is 30.6 Å². The van der Waals surface area contributed by atoms with E-state index in [1.807, 2.05) is 13.0 Å². The summed E-state index contributed by atoms with van der Waals surface area (Å²) in [6.07, 6.45) is 0. The summed E-state index contributed by atoms with van der Waals surface area (Å²) in [6.45, 7) is 2.38. The minimum Gasteiger partial charge on any atom is -0.373 e. The van der Waals surface area contributed by atoms with Crippen LogP contribution >= 0.6 is 23.1 Å². The van der Waals surface area contributed by atoms with Crippen molar-refractivity contribution in [2.75, 3.05) is 18.4 Å². The van der Waals surface area contributed by atoms with Crippen LogP contribution in [-0.2, 0) is 10.0 Å². The van der Waals surface area contributed by atoms with Crippen molar-refractivity contribution < 1.29 is 8.42 Å². The number of hydrogen-bond donors (Lipinski definition) is 2. The highest BCUT2D eigenvalue weighted by molar-refractivity contribution is 7.89. The molecule has 2 aromatic rings. The molecule has 6 nitrogen and oxygen atoms in total. The summed E-state index contributed by atoms with van der Waals surface area (Å²) in [5.41, 5.74) is 1.26. The molecule has 0 radical (unpaired) electrons. The van der Waals surface area contributed by atoms with Crippen LogP contribution < -0.4 is 10.0 Å². The molecule has 0 aliphatic carbocycles. The fourth-order valence-electron chi connectivity index (χ4n) is 1.65. The predicted octanol–water partition coefficient (Wildman–Crippen LogP) is 2.37. The lowest BCUT2D eigenvalue weighted by Crippen LogP contribution is -2.28. The van der Waals surface area contributed by atoms with Crippen LogP contribution in [0.3, 0.4) is 0 Å². The first kappa shape index (κ1) is 16.7. The topological polar surface area (TPSA) is 94.9 Å². The summed E-state index contributed by atoms with van der Waals surface area (Å²) in [5, 5.41) is 12.5. The van der Waals surface area contributed by atoms with Gasteiger partial charge < -0.3 is 5.32 Å². The van der Waals surface area contributed by atoms with Crippen LogP contribution in [0.2, 0.25) is 5.15 Å². The second-order valence-electron chi connectivity index (χ2n) is 4.43. The van der Waals surface area contributed by atoms with Crippen molar-refractivity contribution >= 4 is 38.2 Å². The van der Waals surface area contributed by atoms with E-state index in [4.69, 9.17) is 16.9 Å². The molecule has 2 N–H and O–H groups in total. The van der Waals surface area contributed by atoms with Crippen LogP contribution in [0, 0.1) is 18.3 Å². The molecule has 0 saturated carbocycles. The summed E-state index contributed by atoms with van der Waals surface area (Å²) < 4.78 is 30.5. The van der Waals surface area contributed by atoms with Gasteiger partial charge in [0.15, 0.2) is 5.15 Å². The molecule has 1 aromatic carbocycles. The van der Waals surface area contributed by atoms with Gasteiger partial charge in [-0.25, -0.2) is 13.1 Å². The Morgan fingerprint density at radius 2 is 2.00 bits per heavy atom. The van der Waals surface area contributed by atoms with Gasteiger partial charge in [0.05, 0.1) is 4.90 Å². The van der Waals surface area contributed by atoms with Crippen molar-refractivity contribution in [2.24, 2.45) is 0 Å². The van der Waals surface area contributed by atoms with Gasteiger partial charge in [0.1, 0.15) is 16.6 Å². The third-order valence-corrected chi connectivity index (χ3v) is 5.45. The maximum atomic E-state index is 12.1. The predicted molar refractivity (Wildman–Crippen MR) is 86.7 cm³/mol. The Morgan fingerprint density at radius 1 is 1.32 bits per heavy atom. The normalized spacial score (nSPS) is 11.1. The van der Waals surface area contributed by atoms with Gasteiger partial charge in [0.2, 0.25) is 10.0 Å². The van der Waals surface area contributed by atoms with Crippen LogP contribution in [0.25, 0.3) is 0 Å². The summed E-state index contributed by atoms with van der Waals surface area (Å²) in [4.78, 5) is 0.219. The standard InChI is InChI=1S/C13H13ClN4O2S2/c1-9-2-4-10(5-3-9)22(19,20)17-7-6-16-13-11(8-15)12(14)18-21-13/h2-5,16-17H,6-7H2,1H3. The van der Waals surface area contributed by atoms with Crippen molar-refractivity contribution in [3.8, 4) is 6.07 Å². The van der Waals surface area contributed by atoms with Crippen LogP contribution in [0.1, 0.15) is 11.1 Å². The summed E-state index contributed by atoms with van der Waals surface area (Å²) in [7, 11) is -3.54. The van der Waals surface area contributed by atoms with Crippen LogP contribution in [0.4, 0.5) is 5.00 Å². The molecule has 0 spiro atoms. The van der Waals surface area contributed by atoms with E-state index in [0.717, 1.165) is 17.1 Å². The largest absolute Gasteiger partial charge is 0.373 e. The molecule has 22 heavy (non-hydrogen) atoms. The Balaban J connectivity index is 1.91. The number of halogens is 1. The Hall–Kier alpha value is -1.66. The van der Waals surface area contributed by atoms with Crippen LogP contribution in [0.15, 0.2) is 29.2 Å². The van der Waals surface area contributed by atoms with E-state index in [0.29, 0.717) is 11.5 Å². The van der Waals surface area contributed by atoms with Crippen molar-refractivity contribution in [3.05, 3.63) is 40.5 Å². The first-order valence-electron chi connectivity index (χ1n) is 6.29. The van der Waals surface area contributed by atoms with Gasteiger partial charge in [-0.15, -0.1) is 0 Å². The summed E-state index contributed by atoms with van der Waals surface area (Å²) in [6, 6.07) is 8.54. The van der Waals surface area contributed by atoms with E-state index in [-0.39, 0.29) is 22.2 Å². The van der Waals surface area contributed by atoms with E-state index in [1.54, 1.807) is 24.3 Å². The van der Waals surface area contributed by atoms with Crippen molar-refractivity contribution in [2.45, 2.75) is 11.8 Å². The number of aromatic nitrogens is 1. The van der Waals surface area contributed by atoms with E-state index in [9.17, 15) is 8.42 Å². The molecule has 0 unspecified atom stereocenters. The lowest BCUT2D eigenvalue weighted by Gasteiger charge is -2.08. The van der Waals surface area contributed by atoms with Gasteiger partial charge >= 0.3 is 0 Å². The van der Waals surface area contributed by atoms with E-state index in [1.165, 1.54) is 0 Å². The zero-order valence-electron chi connectivity index (χ0n) is 11.6. The minimum atomic E-state index is -3.54. The summed E-state index contributed by atoms with van der Waals surface area (Å²) >= 11 is 6.81. The average Bonchev–Trinajstić information content (AvgIpc) is 2.84. The number of nitriles is 1. The fraction of sp³-hybridized carbons (Fsp3) is 0.231. The zero-order valence-corrected chi connectivity index (χ0v) is 14.0. The first-order valence-corrected chi connectivity index (χ1v) is 8.93. The Labute approximate surface area is 138 Å². The molecule has 0 amide bonds. The van der Waals surface area contributed by atoms with Crippen molar-refractivity contribution in [3.63, 3.8) is 0 Å². The number of nitrogens with zero attached hydrogens (tertiary/aromatic N) is 2. The van der Waals surface area contributed by atoms with Gasteiger partial charge in [0.25, 0.3) is 0 Å². The third-order valence-electron chi connectivity index (χ3n) is 2.80. The van der Waals surface area contributed by atoms with Gasteiger partial charge in [-0.1, -0.05) is 29.3 Å². The minimum absolute atomic E-state index is 0.148. The molecule has 0 bridgehead atoms. The molecule has 0 saturated heterocycles. The lowest BCUT2D eigenvalue weighted by molar-refractivity contribution is 0.583. The molecule has 0 aliphatic heterocycles. The second-order valence-corrected chi connectivity index (χ2v) is 7.33. The van der Waals surface area contributed by atoms with Gasteiger partial charge in [-0.3, -0.25) is 0 Å². The molecular weight excluding hydrogens is 344 g/mol. The quantitative estimate of drug-likeness (QED) is 0.775. The number of rotatable bonds is 6. The van der Waals surface area contributed by atoms with Gasteiger partial charge in [0, 0.05) is 13.1 Å². The number of aryl methyl sites for hydroxylation is 1. The Kier molecular flexibility index (Phi) is 5.37. The lowest BCUT2D eigenvalue weighted by atomic mass is 10.2. The van der Waals surface area contributed by atoms with E-state index >= 15 is 0 Å². The second kappa shape index (κ2) is 7.07. The average molecular weight is 357 g/mol. The van der Waals surface area contributed by atoms with E-state index < -0.39 is 10.0 Å². The van der Waals surface area contributed by atoms with Crippen molar-refractivity contribution in [1.82, 2.24) is 9.10 Å². The molecule has 9 heteroatoms. The molecule has 0 atom stereocenters. The fourth-order valence-corrected chi connectivity index (χ4v) is 3.64. The number of benzene rings is 1. The third kappa shape index (κ3) is 3.96. The maximum absolute atomic E-state index is 12.1. The Bertz CT molecular complexity index is 794. The molecule has 1 aromatic heterocycles. The first-order chi connectivity index (χ1) is 10.4. The summed E-state index contributed by atoms with van der Waals surface area (Å²) in [5.74, 6) is 0. The highest BCUT2D eigenvalue weighted by Crippen LogP contribution is 2.27. The SMILES string of the molecule is Cc1ccc(S(=O)(=O)NCCNc2snc(Cl)c2C#N)cc1. The molecule has 0 fully saturated rings. The molecule has 0 aliphatic rings.